The SMILES string of the molecule is FC(F)(F)c1ccc(Cn2cc(COP(c3ccccc3)c3ccccc3)nn2)cc1. The van der Waals surface area contributed by atoms with Gasteiger partial charge in [0.05, 0.1) is 33.1 Å². The van der Waals surface area contributed by atoms with Gasteiger partial charge in [-0.3, -0.25) is 0 Å². The first kappa shape index (κ1) is 21.2. The molecule has 4 rings (SSSR count). The number of alkyl halides is 3. The number of nitrogens with zero attached hydrogens (tertiary/aromatic N) is 3. The maximum Gasteiger partial charge on any atom is 0.416 e. The molecular weight excluding hydrogens is 422 g/mol. The quantitative estimate of drug-likeness (QED) is 0.383. The van der Waals surface area contributed by atoms with Crippen LogP contribution < -0.4 is 10.6 Å². The first-order valence-electron chi connectivity index (χ1n) is 9.57. The molecule has 0 unspecified atom stereocenters. The van der Waals surface area contributed by atoms with Crippen LogP contribution in [0.25, 0.3) is 0 Å². The standard InChI is InChI=1S/C23H19F3N3OP/c24-23(25,26)19-13-11-18(12-14-19)15-29-16-20(27-28-29)17-30-31(21-7-3-1-4-8-21)22-9-5-2-6-10-22/h1-14,16H,15,17H2. The van der Waals surface area contributed by atoms with Crippen LogP contribution in [0.5, 0.6) is 0 Å². The molecule has 0 fully saturated rings. The molecule has 31 heavy (non-hydrogen) atoms. The number of aromatic nitrogens is 3. The van der Waals surface area contributed by atoms with Gasteiger partial charge in [-0.2, -0.15) is 13.2 Å². The lowest BCUT2D eigenvalue weighted by atomic mass is 10.1. The van der Waals surface area contributed by atoms with Crippen molar-refractivity contribution in [2.75, 3.05) is 0 Å². The summed E-state index contributed by atoms with van der Waals surface area (Å²) in [6.07, 6.45) is -2.59. The third-order valence-electron chi connectivity index (χ3n) is 4.53. The molecule has 0 spiro atoms. The fourth-order valence-corrected chi connectivity index (χ4v) is 4.77. The molecule has 0 amide bonds. The lowest BCUT2D eigenvalue weighted by molar-refractivity contribution is -0.137. The molecule has 0 aliphatic carbocycles. The van der Waals surface area contributed by atoms with E-state index >= 15 is 0 Å². The molecule has 0 saturated carbocycles. The topological polar surface area (TPSA) is 39.9 Å². The minimum absolute atomic E-state index is 0.280. The Morgan fingerprint density at radius 1 is 0.806 bits per heavy atom. The number of rotatable bonds is 7. The predicted octanol–water partition coefficient (Wildman–Crippen LogP) is 4.91. The lowest BCUT2D eigenvalue weighted by Gasteiger charge is -2.17. The van der Waals surface area contributed by atoms with Gasteiger partial charge in [0.25, 0.3) is 0 Å². The van der Waals surface area contributed by atoms with E-state index in [4.69, 9.17) is 4.52 Å². The lowest BCUT2D eigenvalue weighted by Crippen LogP contribution is -2.13. The van der Waals surface area contributed by atoms with Gasteiger partial charge in [0.15, 0.2) is 0 Å². The van der Waals surface area contributed by atoms with Gasteiger partial charge in [-0.1, -0.05) is 78.0 Å². The first-order chi connectivity index (χ1) is 15.0. The van der Waals surface area contributed by atoms with Crippen molar-refractivity contribution in [3.8, 4) is 0 Å². The smallest absolute Gasteiger partial charge is 0.343 e. The van der Waals surface area contributed by atoms with Crippen molar-refractivity contribution in [1.29, 1.82) is 0 Å². The van der Waals surface area contributed by atoms with Crippen molar-refractivity contribution in [1.82, 2.24) is 15.0 Å². The summed E-state index contributed by atoms with van der Waals surface area (Å²) in [6.45, 7) is 0.611. The highest BCUT2D eigenvalue weighted by molar-refractivity contribution is 7.68. The number of halogens is 3. The molecular formula is C23H19F3N3OP. The van der Waals surface area contributed by atoms with Gasteiger partial charge in [0.1, 0.15) is 5.69 Å². The van der Waals surface area contributed by atoms with Gasteiger partial charge in [0.2, 0.25) is 0 Å². The van der Waals surface area contributed by atoms with E-state index in [9.17, 15) is 13.2 Å². The van der Waals surface area contributed by atoms with Crippen LogP contribution in [0.1, 0.15) is 16.8 Å². The Bertz CT molecular complexity index is 1060. The highest BCUT2D eigenvalue weighted by Gasteiger charge is 2.29. The van der Waals surface area contributed by atoms with Crippen LogP contribution in [0.4, 0.5) is 13.2 Å². The van der Waals surface area contributed by atoms with Gasteiger partial charge >= 0.3 is 6.18 Å². The summed E-state index contributed by atoms with van der Waals surface area (Å²) in [4.78, 5) is 0. The van der Waals surface area contributed by atoms with Crippen LogP contribution in [0, 0.1) is 0 Å². The van der Waals surface area contributed by atoms with Gasteiger partial charge in [-0.25, -0.2) is 4.68 Å². The molecule has 0 aliphatic rings. The largest absolute Gasteiger partial charge is 0.416 e. The zero-order valence-electron chi connectivity index (χ0n) is 16.4. The molecule has 4 aromatic rings. The molecule has 0 bridgehead atoms. The minimum Gasteiger partial charge on any atom is -0.343 e. The predicted molar refractivity (Wildman–Crippen MR) is 114 cm³/mol. The Hall–Kier alpha value is -3.02. The summed E-state index contributed by atoms with van der Waals surface area (Å²) in [5.41, 5.74) is 0.701. The average molecular weight is 441 g/mol. The zero-order chi connectivity index (χ0) is 21.7. The van der Waals surface area contributed by atoms with E-state index in [-0.39, 0.29) is 6.61 Å². The summed E-state index contributed by atoms with van der Waals surface area (Å²) in [6, 6.07) is 25.1. The third-order valence-corrected chi connectivity index (χ3v) is 6.46. The molecule has 0 saturated heterocycles. The summed E-state index contributed by atoms with van der Waals surface area (Å²) in [5, 5.41) is 10.4. The van der Waals surface area contributed by atoms with Crippen molar-refractivity contribution in [2.45, 2.75) is 19.3 Å². The maximum absolute atomic E-state index is 12.7. The zero-order valence-corrected chi connectivity index (χ0v) is 17.3. The number of hydrogen-bond donors (Lipinski definition) is 0. The summed E-state index contributed by atoms with van der Waals surface area (Å²) >= 11 is 0. The molecule has 0 N–H and O–H groups in total. The molecule has 158 valence electrons. The van der Waals surface area contributed by atoms with Crippen LogP contribution in [0.15, 0.2) is 91.1 Å². The Morgan fingerprint density at radius 3 is 1.94 bits per heavy atom. The highest BCUT2D eigenvalue weighted by atomic mass is 31.1. The Kier molecular flexibility index (Phi) is 6.44. The maximum atomic E-state index is 12.7. The van der Waals surface area contributed by atoms with Crippen LogP contribution in [0.2, 0.25) is 0 Å². The molecule has 1 heterocycles. The third kappa shape index (κ3) is 5.57. The molecule has 0 aliphatic heterocycles. The number of hydrogen-bond acceptors (Lipinski definition) is 3. The number of benzene rings is 3. The first-order valence-corrected chi connectivity index (χ1v) is 10.8. The van der Waals surface area contributed by atoms with Crippen LogP contribution >= 0.6 is 8.15 Å². The van der Waals surface area contributed by atoms with Crippen molar-refractivity contribution in [3.05, 3.63) is 108 Å². The van der Waals surface area contributed by atoms with E-state index in [1.807, 2.05) is 60.7 Å². The van der Waals surface area contributed by atoms with Crippen molar-refractivity contribution in [2.24, 2.45) is 0 Å². The second-order valence-electron chi connectivity index (χ2n) is 6.84. The molecule has 8 heteroatoms. The normalized spacial score (nSPS) is 11.7. The fraction of sp³-hybridized carbons (Fsp3) is 0.130. The van der Waals surface area contributed by atoms with Crippen molar-refractivity contribution < 1.29 is 17.7 Å². The summed E-state index contributed by atoms with van der Waals surface area (Å²) in [5.74, 6) is 0. The molecule has 0 radical (unpaired) electrons. The van der Waals surface area contributed by atoms with Crippen LogP contribution in [-0.4, -0.2) is 15.0 Å². The van der Waals surface area contributed by atoms with E-state index < -0.39 is 19.9 Å². The summed E-state index contributed by atoms with van der Waals surface area (Å²) < 4.78 is 45.9. The van der Waals surface area contributed by atoms with Gasteiger partial charge in [0, 0.05) is 10.6 Å². The van der Waals surface area contributed by atoms with E-state index in [1.54, 1.807) is 10.9 Å². The fourth-order valence-electron chi connectivity index (χ4n) is 3.02. The van der Waals surface area contributed by atoms with Crippen LogP contribution in [0.3, 0.4) is 0 Å². The van der Waals surface area contributed by atoms with Crippen molar-refractivity contribution >= 4 is 18.8 Å². The van der Waals surface area contributed by atoms with Crippen molar-refractivity contribution in [3.63, 3.8) is 0 Å². The van der Waals surface area contributed by atoms with E-state index in [0.29, 0.717) is 17.8 Å². The second-order valence-corrected chi connectivity index (χ2v) is 8.72. The second kappa shape index (κ2) is 9.41. The monoisotopic (exact) mass is 441 g/mol. The highest BCUT2D eigenvalue weighted by Crippen LogP contribution is 2.35. The van der Waals surface area contributed by atoms with E-state index in [1.165, 1.54) is 12.1 Å². The molecule has 4 nitrogen and oxygen atoms in total. The molecule has 0 atom stereocenters. The van der Waals surface area contributed by atoms with Crippen LogP contribution in [-0.2, 0) is 23.9 Å². The molecule has 1 aromatic heterocycles. The molecule has 3 aromatic carbocycles. The Morgan fingerprint density at radius 2 is 1.39 bits per heavy atom. The van der Waals surface area contributed by atoms with Gasteiger partial charge in [-0.05, 0) is 17.7 Å². The average Bonchev–Trinajstić information content (AvgIpc) is 3.22. The van der Waals surface area contributed by atoms with E-state index in [2.05, 4.69) is 10.3 Å². The summed E-state index contributed by atoms with van der Waals surface area (Å²) in [7, 11) is -1.01. The Balaban J connectivity index is 1.43. The Labute approximate surface area is 179 Å². The minimum atomic E-state index is -4.34. The van der Waals surface area contributed by atoms with Gasteiger partial charge < -0.3 is 4.52 Å². The van der Waals surface area contributed by atoms with E-state index in [0.717, 1.165) is 22.7 Å². The van der Waals surface area contributed by atoms with Gasteiger partial charge in [-0.15, -0.1) is 5.10 Å².